The van der Waals surface area contributed by atoms with Crippen LogP contribution in [0.4, 0.5) is 10.5 Å². The van der Waals surface area contributed by atoms with Gasteiger partial charge in [-0.2, -0.15) is 0 Å². The van der Waals surface area contributed by atoms with E-state index in [1.54, 1.807) is 6.07 Å². The van der Waals surface area contributed by atoms with Gasteiger partial charge in [-0.1, -0.05) is 96.5 Å². The van der Waals surface area contributed by atoms with Crippen molar-refractivity contribution in [3.8, 4) is 17.2 Å². The number of anilines is 1. The fraction of sp³-hybridized carbons (Fsp3) is 0.364. The van der Waals surface area contributed by atoms with E-state index in [9.17, 15) is 19.8 Å². The topological polar surface area (TPSA) is 148 Å². The summed E-state index contributed by atoms with van der Waals surface area (Å²) in [5, 5.41) is 27.1. The predicted molar refractivity (Wildman–Crippen MR) is 227 cm³/mol. The van der Waals surface area contributed by atoms with Crippen molar-refractivity contribution in [3.05, 3.63) is 131 Å². The number of aliphatic hydroxyl groups is 2. The van der Waals surface area contributed by atoms with Crippen molar-refractivity contribution < 1.29 is 43.5 Å². The minimum atomic E-state index is -2.02. The summed E-state index contributed by atoms with van der Waals surface area (Å²) in [6, 6.07) is 29.3. The van der Waals surface area contributed by atoms with Gasteiger partial charge < -0.3 is 44.5 Å². The Morgan fingerprint density at radius 1 is 0.776 bits per heavy atom. The summed E-state index contributed by atoms with van der Waals surface area (Å²) < 4.78 is 29.3. The standard InChI is InChI=1S/C44H53Cl2N3O9/c1-3-44(2,53)42(51)49(37-28-35(45)27-36(46)29-37)43(52)48-20-24-55-26-25-54-23-19-47-31-38(50)32-58-39-16-17-40(57-22-18-34-13-8-5-9-14-34)41(30-39)56-21-10-15-33-11-6-4-7-12-33/h3-9,11-14,16-17,27-30,38,47,50,53H,1,10,15,18-26,31-32H2,2H3,(H,48,52)/t38-,44?/m1/s1. The number of urea groups is 1. The van der Waals surface area contributed by atoms with Gasteiger partial charge in [-0.05, 0) is 61.2 Å². The number of nitrogens with zero attached hydrogens (tertiary/aromatic N) is 1. The number of nitrogens with one attached hydrogen (secondary N) is 2. The minimum absolute atomic E-state index is 0.0738. The Labute approximate surface area is 350 Å². The zero-order valence-corrected chi connectivity index (χ0v) is 34.3. The van der Waals surface area contributed by atoms with Crippen molar-refractivity contribution in [1.82, 2.24) is 10.6 Å². The molecule has 0 radical (unpaired) electrons. The molecule has 2 atom stereocenters. The molecule has 0 bridgehead atoms. The van der Waals surface area contributed by atoms with E-state index in [-0.39, 0.29) is 42.1 Å². The van der Waals surface area contributed by atoms with Gasteiger partial charge in [0.25, 0.3) is 5.91 Å². The summed E-state index contributed by atoms with van der Waals surface area (Å²) in [7, 11) is 0. The van der Waals surface area contributed by atoms with Gasteiger partial charge in [0.1, 0.15) is 18.5 Å². The monoisotopic (exact) mass is 837 g/mol. The number of rotatable bonds is 26. The highest BCUT2D eigenvalue weighted by Gasteiger charge is 2.36. The van der Waals surface area contributed by atoms with Crippen LogP contribution in [-0.2, 0) is 27.1 Å². The highest BCUT2D eigenvalue weighted by Crippen LogP contribution is 2.32. The second kappa shape index (κ2) is 25.0. The van der Waals surface area contributed by atoms with Crippen LogP contribution in [0.15, 0.2) is 110 Å². The molecule has 1 unspecified atom stereocenters. The average molecular weight is 839 g/mol. The van der Waals surface area contributed by atoms with Crippen molar-refractivity contribution in [1.29, 1.82) is 0 Å². The first-order chi connectivity index (χ1) is 28.1. The molecule has 4 aromatic rings. The molecule has 4 N–H and O–H groups in total. The number of aryl methyl sites for hydroxylation is 1. The molecular formula is C44H53Cl2N3O9. The largest absolute Gasteiger partial charge is 0.491 e. The van der Waals surface area contributed by atoms with E-state index in [4.69, 9.17) is 46.9 Å². The number of imide groups is 1. The number of benzene rings is 4. The van der Waals surface area contributed by atoms with Gasteiger partial charge in [0.2, 0.25) is 0 Å². The number of aliphatic hydroxyl groups excluding tert-OH is 1. The number of hydrogen-bond donors (Lipinski definition) is 4. The molecule has 4 aromatic carbocycles. The van der Waals surface area contributed by atoms with Crippen LogP contribution in [0.1, 0.15) is 24.5 Å². The number of halogens is 2. The molecule has 0 fully saturated rings. The van der Waals surface area contributed by atoms with Crippen molar-refractivity contribution in [2.45, 2.75) is 37.9 Å². The molecular weight excluding hydrogens is 785 g/mol. The lowest BCUT2D eigenvalue weighted by molar-refractivity contribution is -0.130. The van der Waals surface area contributed by atoms with Gasteiger partial charge in [-0.25, -0.2) is 9.69 Å². The molecule has 312 valence electrons. The van der Waals surface area contributed by atoms with Crippen LogP contribution in [0.5, 0.6) is 17.2 Å². The summed E-state index contributed by atoms with van der Waals surface area (Å²) in [4.78, 5) is 26.7. The smallest absolute Gasteiger partial charge is 0.328 e. The molecule has 0 spiro atoms. The molecule has 0 aliphatic heterocycles. The summed E-state index contributed by atoms with van der Waals surface area (Å²) in [5.41, 5.74) is 0.512. The molecule has 0 aliphatic carbocycles. The molecule has 14 heteroatoms. The maximum atomic E-state index is 13.0. The van der Waals surface area contributed by atoms with Crippen molar-refractivity contribution in [2.24, 2.45) is 0 Å². The van der Waals surface area contributed by atoms with Gasteiger partial charge in [0.05, 0.1) is 45.3 Å². The first-order valence-corrected chi connectivity index (χ1v) is 19.9. The summed E-state index contributed by atoms with van der Waals surface area (Å²) in [5.74, 6) is 0.859. The van der Waals surface area contributed by atoms with E-state index in [1.165, 1.54) is 36.2 Å². The molecule has 4 rings (SSSR count). The maximum absolute atomic E-state index is 13.0. The first kappa shape index (κ1) is 46.0. The minimum Gasteiger partial charge on any atom is -0.491 e. The Bertz CT molecular complexity index is 1830. The Morgan fingerprint density at radius 2 is 1.40 bits per heavy atom. The van der Waals surface area contributed by atoms with Crippen molar-refractivity contribution in [3.63, 3.8) is 0 Å². The lowest BCUT2D eigenvalue weighted by atomic mass is 10.1. The Hall–Kier alpha value is -4.66. The van der Waals surface area contributed by atoms with Crippen LogP contribution in [-0.4, -0.2) is 99.7 Å². The summed E-state index contributed by atoms with van der Waals surface area (Å²) >= 11 is 12.2. The van der Waals surface area contributed by atoms with Gasteiger partial charge in [-0.15, -0.1) is 0 Å². The van der Waals surface area contributed by atoms with Crippen LogP contribution in [0.2, 0.25) is 10.0 Å². The Kier molecular flexibility index (Phi) is 19.8. The van der Waals surface area contributed by atoms with E-state index >= 15 is 0 Å². The first-order valence-electron chi connectivity index (χ1n) is 19.1. The molecule has 12 nitrogen and oxygen atoms in total. The second-order valence-corrected chi connectivity index (χ2v) is 14.2. The quantitative estimate of drug-likeness (QED) is 0.0400. The maximum Gasteiger partial charge on any atom is 0.328 e. The van der Waals surface area contributed by atoms with Crippen molar-refractivity contribution in [2.75, 3.05) is 70.8 Å². The van der Waals surface area contributed by atoms with Crippen LogP contribution < -0.4 is 29.7 Å². The van der Waals surface area contributed by atoms with E-state index in [0.717, 1.165) is 30.2 Å². The van der Waals surface area contributed by atoms with E-state index in [1.807, 2.05) is 48.5 Å². The fourth-order valence-electron chi connectivity index (χ4n) is 5.44. The molecule has 0 heterocycles. The van der Waals surface area contributed by atoms with Crippen LogP contribution in [0.25, 0.3) is 0 Å². The summed E-state index contributed by atoms with van der Waals surface area (Å²) in [6.07, 6.45) is 2.78. The van der Waals surface area contributed by atoms with Crippen LogP contribution in [0.3, 0.4) is 0 Å². The zero-order valence-electron chi connectivity index (χ0n) is 32.7. The third-order valence-electron chi connectivity index (χ3n) is 8.60. The van der Waals surface area contributed by atoms with Gasteiger partial charge in [0.15, 0.2) is 17.1 Å². The van der Waals surface area contributed by atoms with E-state index < -0.39 is 23.6 Å². The number of carbonyl (C=O) groups excluding carboxylic acids is 2. The third-order valence-corrected chi connectivity index (χ3v) is 9.04. The van der Waals surface area contributed by atoms with E-state index in [0.29, 0.717) is 56.8 Å². The fourth-order valence-corrected chi connectivity index (χ4v) is 5.96. The third kappa shape index (κ3) is 16.3. The number of hydrogen-bond acceptors (Lipinski definition) is 10. The molecule has 58 heavy (non-hydrogen) atoms. The number of carbonyl (C=O) groups is 2. The molecule has 0 saturated carbocycles. The Balaban J connectivity index is 1.10. The molecule has 0 aliphatic rings. The molecule has 0 saturated heterocycles. The number of ether oxygens (including phenoxy) is 5. The highest BCUT2D eigenvalue weighted by atomic mass is 35.5. The van der Waals surface area contributed by atoms with Crippen molar-refractivity contribution >= 4 is 40.8 Å². The highest BCUT2D eigenvalue weighted by molar-refractivity contribution is 6.35. The predicted octanol–water partition coefficient (Wildman–Crippen LogP) is 6.67. The Morgan fingerprint density at radius 3 is 2.05 bits per heavy atom. The lowest BCUT2D eigenvalue weighted by Gasteiger charge is -2.28. The summed E-state index contributed by atoms with van der Waals surface area (Å²) in [6.45, 7) is 7.73. The SMILES string of the molecule is C=CC(C)(O)C(=O)N(C(=O)NCCOCCOCCNC[C@@H](O)COc1ccc(OCCc2ccccc2)c(OCCCc2ccccc2)c1)c1cc(Cl)cc(Cl)c1. The lowest BCUT2D eigenvalue weighted by Crippen LogP contribution is -2.52. The molecule has 0 aromatic heterocycles. The van der Waals surface area contributed by atoms with Gasteiger partial charge >= 0.3 is 6.03 Å². The number of amides is 3. The van der Waals surface area contributed by atoms with Gasteiger partial charge in [-0.3, -0.25) is 4.79 Å². The molecule has 3 amide bonds. The normalized spacial score (nSPS) is 12.6. The van der Waals surface area contributed by atoms with Crippen LogP contribution >= 0.6 is 23.2 Å². The average Bonchev–Trinajstić information content (AvgIpc) is 3.21. The van der Waals surface area contributed by atoms with Crippen LogP contribution in [0, 0.1) is 0 Å². The van der Waals surface area contributed by atoms with E-state index in [2.05, 4.69) is 41.5 Å². The zero-order chi connectivity index (χ0) is 41.6. The second-order valence-electron chi connectivity index (χ2n) is 13.4. The van der Waals surface area contributed by atoms with Gasteiger partial charge in [0, 0.05) is 42.2 Å².